The fourth-order valence-electron chi connectivity index (χ4n) is 1.80. The second kappa shape index (κ2) is 5.96. The minimum absolute atomic E-state index is 0.0138. The van der Waals surface area contributed by atoms with Gasteiger partial charge in [-0.1, -0.05) is 6.92 Å². The van der Waals surface area contributed by atoms with Crippen molar-refractivity contribution >= 4 is 22.8 Å². The first-order valence-corrected chi connectivity index (χ1v) is 7.21. The summed E-state index contributed by atoms with van der Waals surface area (Å²) < 4.78 is 0. The third-order valence-corrected chi connectivity index (χ3v) is 3.97. The first-order valence-electron chi connectivity index (χ1n) is 6.33. The molecule has 6 nitrogen and oxygen atoms in total. The molecule has 1 unspecified atom stereocenters. The molecule has 0 aliphatic heterocycles. The SMILES string of the molecule is CCc1nc(C(C)Nc2cc(C)c([N+](=O)[O-])cn2)cs1. The van der Waals surface area contributed by atoms with Gasteiger partial charge in [0.1, 0.15) is 12.0 Å². The van der Waals surface area contributed by atoms with Crippen molar-refractivity contribution in [1.82, 2.24) is 9.97 Å². The Labute approximate surface area is 121 Å². The van der Waals surface area contributed by atoms with Crippen molar-refractivity contribution in [3.8, 4) is 0 Å². The second-order valence-electron chi connectivity index (χ2n) is 4.50. The molecular formula is C13H16N4O2S. The highest BCUT2D eigenvalue weighted by atomic mass is 32.1. The van der Waals surface area contributed by atoms with Crippen LogP contribution in [0.4, 0.5) is 11.5 Å². The van der Waals surface area contributed by atoms with Crippen LogP contribution in [0.25, 0.3) is 0 Å². The molecule has 2 heterocycles. The monoisotopic (exact) mass is 292 g/mol. The standard InChI is InChI=1S/C13H16N4O2S/c1-4-13-16-10(7-20-13)9(3)15-12-5-8(2)11(6-14-12)17(18)19/h5-7,9H,4H2,1-3H3,(H,14,15). The van der Waals surface area contributed by atoms with Crippen molar-refractivity contribution < 1.29 is 4.92 Å². The Morgan fingerprint density at radius 2 is 2.30 bits per heavy atom. The lowest BCUT2D eigenvalue weighted by molar-refractivity contribution is -0.385. The molecule has 20 heavy (non-hydrogen) atoms. The summed E-state index contributed by atoms with van der Waals surface area (Å²) in [4.78, 5) is 18.9. The molecule has 0 saturated heterocycles. The molecule has 0 bridgehead atoms. The summed E-state index contributed by atoms with van der Waals surface area (Å²) in [7, 11) is 0. The van der Waals surface area contributed by atoms with E-state index in [4.69, 9.17) is 0 Å². The van der Waals surface area contributed by atoms with Crippen LogP contribution in [-0.2, 0) is 6.42 Å². The smallest absolute Gasteiger partial charge is 0.290 e. The van der Waals surface area contributed by atoms with E-state index in [0.29, 0.717) is 11.4 Å². The van der Waals surface area contributed by atoms with Gasteiger partial charge in [0.25, 0.3) is 5.69 Å². The average Bonchev–Trinajstić information content (AvgIpc) is 2.87. The van der Waals surface area contributed by atoms with Crippen molar-refractivity contribution in [2.24, 2.45) is 0 Å². The van der Waals surface area contributed by atoms with Gasteiger partial charge in [-0.15, -0.1) is 11.3 Å². The van der Waals surface area contributed by atoms with Crippen molar-refractivity contribution in [2.75, 3.05) is 5.32 Å². The molecule has 7 heteroatoms. The Balaban J connectivity index is 2.13. The lowest BCUT2D eigenvalue weighted by Crippen LogP contribution is -2.09. The summed E-state index contributed by atoms with van der Waals surface area (Å²) in [5.41, 5.74) is 1.59. The Hall–Kier alpha value is -2.02. The number of thiazole rings is 1. The predicted molar refractivity (Wildman–Crippen MR) is 79.2 cm³/mol. The summed E-state index contributed by atoms with van der Waals surface area (Å²) in [6.45, 7) is 5.77. The van der Waals surface area contributed by atoms with E-state index in [2.05, 4.69) is 22.2 Å². The summed E-state index contributed by atoms with van der Waals surface area (Å²) in [5.74, 6) is 0.617. The fraction of sp³-hybridized carbons (Fsp3) is 0.385. The third kappa shape index (κ3) is 3.11. The van der Waals surface area contributed by atoms with Crippen molar-refractivity contribution in [2.45, 2.75) is 33.2 Å². The van der Waals surface area contributed by atoms with Crippen LogP contribution in [0, 0.1) is 17.0 Å². The lowest BCUT2D eigenvalue weighted by atomic mass is 10.2. The number of pyridine rings is 1. The van der Waals surface area contributed by atoms with E-state index in [1.165, 1.54) is 6.20 Å². The maximum Gasteiger partial charge on any atom is 0.290 e. The molecule has 0 spiro atoms. The summed E-state index contributed by atoms with van der Waals surface area (Å²) in [6.07, 6.45) is 2.20. The molecule has 0 radical (unpaired) electrons. The zero-order valence-electron chi connectivity index (χ0n) is 11.6. The number of nitrogens with zero attached hydrogens (tertiary/aromatic N) is 3. The summed E-state index contributed by atoms with van der Waals surface area (Å²) in [6, 6.07) is 1.70. The quantitative estimate of drug-likeness (QED) is 0.674. The molecule has 2 aromatic rings. The number of rotatable bonds is 5. The van der Waals surface area contributed by atoms with Gasteiger partial charge in [0.2, 0.25) is 0 Å². The van der Waals surface area contributed by atoms with Crippen LogP contribution in [-0.4, -0.2) is 14.9 Å². The average molecular weight is 292 g/mol. The van der Waals surface area contributed by atoms with Crippen molar-refractivity contribution in [3.63, 3.8) is 0 Å². The summed E-state index contributed by atoms with van der Waals surface area (Å²) in [5, 5.41) is 17.1. The first kappa shape index (κ1) is 14.4. The Kier molecular flexibility index (Phi) is 4.29. The van der Waals surface area contributed by atoms with Gasteiger partial charge in [-0.25, -0.2) is 9.97 Å². The van der Waals surface area contributed by atoms with Gasteiger partial charge in [-0.3, -0.25) is 10.1 Å². The zero-order valence-corrected chi connectivity index (χ0v) is 12.4. The largest absolute Gasteiger partial charge is 0.362 e. The highest BCUT2D eigenvalue weighted by Crippen LogP contribution is 2.23. The van der Waals surface area contributed by atoms with Crippen molar-refractivity contribution in [1.29, 1.82) is 0 Å². The maximum absolute atomic E-state index is 10.7. The Morgan fingerprint density at radius 1 is 1.55 bits per heavy atom. The topological polar surface area (TPSA) is 81.0 Å². The zero-order chi connectivity index (χ0) is 14.7. The van der Waals surface area contributed by atoms with E-state index >= 15 is 0 Å². The number of aromatic nitrogens is 2. The molecule has 2 aromatic heterocycles. The van der Waals surface area contributed by atoms with Gasteiger partial charge in [0, 0.05) is 10.9 Å². The van der Waals surface area contributed by atoms with E-state index in [-0.39, 0.29) is 11.7 Å². The van der Waals surface area contributed by atoms with Crippen LogP contribution in [0.3, 0.4) is 0 Å². The molecule has 0 aliphatic carbocycles. The first-order chi connectivity index (χ1) is 9.51. The summed E-state index contributed by atoms with van der Waals surface area (Å²) >= 11 is 1.64. The van der Waals surface area contributed by atoms with E-state index in [9.17, 15) is 10.1 Å². The number of hydrogen-bond donors (Lipinski definition) is 1. The molecule has 106 valence electrons. The normalized spacial score (nSPS) is 12.2. The Bertz CT molecular complexity index is 627. The lowest BCUT2D eigenvalue weighted by Gasteiger charge is -2.12. The van der Waals surface area contributed by atoms with Gasteiger partial charge >= 0.3 is 0 Å². The Morgan fingerprint density at radius 3 is 2.85 bits per heavy atom. The van der Waals surface area contributed by atoms with E-state index in [1.54, 1.807) is 24.3 Å². The minimum atomic E-state index is -0.427. The van der Waals surface area contributed by atoms with Crippen LogP contribution in [0.15, 0.2) is 17.6 Å². The molecule has 0 aliphatic rings. The molecule has 0 fully saturated rings. The number of anilines is 1. The number of hydrogen-bond acceptors (Lipinski definition) is 6. The highest BCUT2D eigenvalue weighted by molar-refractivity contribution is 7.09. The number of aryl methyl sites for hydroxylation is 2. The number of nitro groups is 1. The van der Waals surface area contributed by atoms with Gasteiger partial charge < -0.3 is 5.32 Å². The van der Waals surface area contributed by atoms with Gasteiger partial charge in [0.15, 0.2) is 0 Å². The predicted octanol–water partition coefficient (Wildman–Crippen LogP) is 3.49. The van der Waals surface area contributed by atoms with Gasteiger partial charge in [-0.2, -0.15) is 0 Å². The van der Waals surface area contributed by atoms with Crippen LogP contribution in [0.2, 0.25) is 0 Å². The fourth-order valence-corrected chi connectivity index (χ4v) is 2.64. The number of nitrogens with one attached hydrogen (secondary N) is 1. The van der Waals surface area contributed by atoms with Crippen LogP contribution in [0.1, 0.15) is 36.2 Å². The maximum atomic E-state index is 10.7. The van der Waals surface area contributed by atoms with E-state index in [0.717, 1.165) is 17.1 Å². The third-order valence-electron chi connectivity index (χ3n) is 2.96. The molecule has 0 aromatic carbocycles. The molecule has 2 rings (SSSR count). The van der Waals surface area contributed by atoms with Gasteiger partial charge in [-0.05, 0) is 26.3 Å². The highest BCUT2D eigenvalue weighted by Gasteiger charge is 2.14. The van der Waals surface area contributed by atoms with E-state index in [1.807, 2.05) is 12.3 Å². The molecular weight excluding hydrogens is 276 g/mol. The second-order valence-corrected chi connectivity index (χ2v) is 5.44. The molecule has 0 saturated carbocycles. The minimum Gasteiger partial charge on any atom is -0.362 e. The van der Waals surface area contributed by atoms with Crippen LogP contribution >= 0.6 is 11.3 Å². The van der Waals surface area contributed by atoms with E-state index < -0.39 is 4.92 Å². The molecule has 0 amide bonds. The van der Waals surface area contributed by atoms with Crippen molar-refractivity contribution in [3.05, 3.63) is 44.0 Å². The van der Waals surface area contributed by atoms with Crippen LogP contribution in [0.5, 0.6) is 0 Å². The van der Waals surface area contributed by atoms with Crippen LogP contribution < -0.4 is 5.32 Å². The molecule has 1 N–H and O–H groups in total. The molecule has 1 atom stereocenters. The van der Waals surface area contributed by atoms with Gasteiger partial charge in [0.05, 0.1) is 21.7 Å².